The van der Waals surface area contributed by atoms with Crippen molar-refractivity contribution in [1.29, 1.82) is 0 Å². The molecule has 4 nitrogen and oxygen atoms in total. The van der Waals surface area contributed by atoms with E-state index in [0.29, 0.717) is 18.9 Å². The van der Waals surface area contributed by atoms with Crippen LogP contribution >= 0.6 is 0 Å². The Kier molecular flexibility index (Phi) is 6.73. The fourth-order valence-electron chi connectivity index (χ4n) is 2.85. The Morgan fingerprint density at radius 1 is 1.33 bits per heavy atom. The molecule has 0 aromatic heterocycles. The number of ketones is 1. The zero-order chi connectivity index (χ0) is 17.5. The Labute approximate surface area is 145 Å². The van der Waals surface area contributed by atoms with E-state index in [1.807, 2.05) is 24.4 Å². The van der Waals surface area contributed by atoms with Crippen molar-refractivity contribution in [2.45, 2.75) is 45.7 Å². The summed E-state index contributed by atoms with van der Waals surface area (Å²) in [6.45, 7) is 7.01. The number of rotatable bonds is 6. The van der Waals surface area contributed by atoms with E-state index in [-0.39, 0.29) is 17.9 Å². The Bertz CT molecular complexity index is 593. The normalized spacial score (nSPS) is 19.9. The van der Waals surface area contributed by atoms with Crippen LogP contribution in [0.5, 0.6) is 0 Å². The van der Waals surface area contributed by atoms with E-state index in [2.05, 4.69) is 37.8 Å². The number of hydrogen-bond acceptors (Lipinski definition) is 3. The summed E-state index contributed by atoms with van der Waals surface area (Å²) in [6.07, 6.45) is 4.98. The molecule has 1 aliphatic rings. The third-order valence-electron chi connectivity index (χ3n) is 4.39. The van der Waals surface area contributed by atoms with Crippen molar-refractivity contribution < 1.29 is 9.53 Å². The summed E-state index contributed by atoms with van der Waals surface area (Å²) in [5.74, 6) is 1.48. The Balaban J connectivity index is 2.46. The van der Waals surface area contributed by atoms with Crippen molar-refractivity contribution in [3.8, 4) is 0 Å². The lowest BCUT2D eigenvalue weighted by atomic mass is 10.0. The molecule has 0 fully saturated rings. The van der Waals surface area contributed by atoms with Gasteiger partial charge in [0.15, 0.2) is 5.78 Å². The molecule has 0 radical (unpaired) electrons. The second-order valence-corrected chi connectivity index (χ2v) is 6.54. The summed E-state index contributed by atoms with van der Waals surface area (Å²) < 4.78 is 5.36. The molecule has 24 heavy (non-hydrogen) atoms. The van der Waals surface area contributed by atoms with Crippen molar-refractivity contribution in [1.82, 2.24) is 4.90 Å². The van der Waals surface area contributed by atoms with Crippen molar-refractivity contribution in [2.24, 2.45) is 10.9 Å². The van der Waals surface area contributed by atoms with Crippen LogP contribution in [0.4, 0.5) is 0 Å². The molecule has 130 valence electrons. The number of aliphatic imine (C=N–C) groups is 1. The van der Waals surface area contributed by atoms with E-state index in [4.69, 9.17) is 9.73 Å². The van der Waals surface area contributed by atoms with Crippen LogP contribution in [0.2, 0.25) is 0 Å². The van der Waals surface area contributed by atoms with Crippen LogP contribution in [0.25, 0.3) is 0 Å². The monoisotopic (exact) mass is 328 g/mol. The first-order valence-corrected chi connectivity index (χ1v) is 8.68. The van der Waals surface area contributed by atoms with Crippen LogP contribution in [-0.4, -0.2) is 42.3 Å². The van der Waals surface area contributed by atoms with Crippen LogP contribution in [0, 0.1) is 5.92 Å². The molecule has 1 heterocycles. The molecular formula is C20H28N2O2. The highest BCUT2D eigenvalue weighted by Crippen LogP contribution is 2.21. The number of nitrogens with zero attached hydrogens (tertiary/aromatic N) is 2. The topological polar surface area (TPSA) is 41.9 Å². The van der Waals surface area contributed by atoms with Crippen molar-refractivity contribution in [2.75, 3.05) is 13.7 Å². The summed E-state index contributed by atoms with van der Waals surface area (Å²) in [4.78, 5) is 19.0. The molecule has 1 aromatic rings. The van der Waals surface area contributed by atoms with Gasteiger partial charge in [0.2, 0.25) is 0 Å². The summed E-state index contributed by atoms with van der Waals surface area (Å²) in [7, 11) is 1.71. The highest BCUT2D eigenvalue weighted by atomic mass is 16.5. The van der Waals surface area contributed by atoms with Crippen molar-refractivity contribution in [3.63, 3.8) is 0 Å². The zero-order valence-corrected chi connectivity index (χ0v) is 15.1. The predicted molar refractivity (Wildman–Crippen MR) is 98.2 cm³/mol. The van der Waals surface area contributed by atoms with E-state index in [9.17, 15) is 4.79 Å². The van der Waals surface area contributed by atoms with E-state index in [0.717, 1.165) is 17.8 Å². The average Bonchev–Trinajstić information content (AvgIpc) is 2.59. The molecule has 0 saturated carbocycles. The molecule has 2 atom stereocenters. The van der Waals surface area contributed by atoms with Crippen LogP contribution < -0.4 is 0 Å². The van der Waals surface area contributed by atoms with Crippen molar-refractivity contribution >= 4 is 11.6 Å². The van der Waals surface area contributed by atoms with E-state index < -0.39 is 0 Å². The minimum atomic E-state index is 0.0775. The Hall–Kier alpha value is -1.94. The van der Waals surface area contributed by atoms with Gasteiger partial charge in [0.25, 0.3) is 0 Å². The molecule has 0 amide bonds. The number of methoxy groups -OCH3 is 1. The van der Waals surface area contributed by atoms with Crippen molar-refractivity contribution in [3.05, 3.63) is 48.2 Å². The van der Waals surface area contributed by atoms with Crippen LogP contribution in [0.1, 0.15) is 39.2 Å². The first-order valence-electron chi connectivity index (χ1n) is 8.68. The quantitative estimate of drug-likeness (QED) is 0.591. The van der Waals surface area contributed by atoms with Gasteiger partial charge >= 0.3 is 0 Å². The lowest BCUT2D eigenvalue weighted by Gasteiger charge is -2.34. The summed E-state index contributed by atoms with van der Waals surface area (Å²) >= 11 is 0. The predicted octanol–water partition coefficient (Wildman–Crippen LogP) is 3.67. The van der Waals surface area contributed by atoms with E-state index in [1.165, 1.54) is 0 Å². The number of ether oxygens (including phenoxy) is 1. The maximum atomic E-state index is 11.8. The molecule has 0 N–H and O–H groups in total. The van der Waals surface area contributed by atoms with Crippen LogP contribution in [0.3, 0.4) is 0 Å². The number of carbonyl (C=O) groups is 1. The van der Waals surface area contributed by atoms with Crippen LogP contribution in [-0.2, 0) is 9.53 Å². The first kappa shape index (κ1) is 18.4. The third kappa shape index (κ3) is 4.54. The summed E-state index contributed by atoms with van der Waals surface area (Å²) in [5, 5.41) is 0. The SMILES string of the molecule is CC[C@@H]1CC(=O)C=CN1C(=N[C@H](COC)C(C)C)c1ccccc1. The van der Waals surface area contributed by atoms with E-state index >= 15 is 0 Å². The summed E-state index contributed by atoms with van der Waals surface area (Å²) in [6, 6.07) is 10.4. The van der Waals surface area contributed by atoms with Gasteiger partial charge in [-0.1, -0.05) is 51.1 Å². The molecule has 1 aliphatic heterocycles. The highest BCUT2D eigenvalue weighted by Gasteiger charge is 2.26. The minimum absolute atomic E-state index is 0.0775. The lowest BCUT2D eigenvalue weighted by molar-refractivity contribution is -0.116. The Morgan fingerprint density at radius 2 is 2.04 bits per heavy atom. The van der Waals surface area contributed by atoms with Gasteiger partial charge in [-0.05, 0) is 18.4 Å². The van der Waals surface area contributed by atoms with Crippen LogP contribution in [0.15, 0.2) is 47.6 Å². The molecule has 0 spiro atoms. The van der Waals surface area contributed by atoms with Gasteiger partial charge < -0.3 is 9.64 Å². The van der Waals surface area contributed by atoms with Gasteiger partial charge in [-0.25, -0.2) is 0 Å². The maximum absolute atomic E-state index is 11.8. The molecule has 0 aliphatic carbocycles. The molecule has 0 saturated heterocycles. The summed E-state index contributed by atoms with van der Waals surface area (Å²) in [5.41, 5.74) is 1.07. The van der Waals surface area contributed by atoms with Gasteiger partial charge in [0, 0.05) is 31.3 Å². The number of benzene rings is 1. The first-order chi connectivity index (χ1) is 11.6. The van der Waals surface area contributed by atoms with E-state index in [1.54, 1.807) is 13.2 Å². The van der Waals surface area contributed by atoms with Gasteiger partial charge in [0.05, 0.1) is 12.6 Å². The minimum Gasteiger partial charge on any atom is -0.382 e. The molecule has 2 rings (SSSR count). The highest BCUT2D eigenvalue weighted by molar-refractivity contribution is 6.02. The largest absolute Gasteiger partial charge is 0.382 e. The van der Waals surface area contributed by atoms with Gasteiger partial charge in [0.1, 0.15) is 5.84 Å². The molecule has 4 heteroatoms. The third-order valence-corrected chi connectivity index (χ3v) is 4.39. The number of amidine groups is 1. The smallest absolute Gasteiger partial charge is 0.159 e. The second-order valence-electron chi connectivity index (χ2n) is 6.54. The van der Waals surface area contributed by atoms with Gasteiger partial charge in [-0.2, -0.15) is 0 Å². The molecule has 0 bridgehead atoms. The lowest BCUT2D eigenvalue weighted by Crippen LogP contribution is -2.41. The fourth-order valence-corrected chi connectivity index (χ4v) is 2.85. The number of hydrogen-bond donors (Lipinski definition) is 0. The standard InChI is InChI=1S/C20H28N2O2/c1-5-17-13-18(23)11-12-22(17)20(16-9-7-6-8-10-16)21-19(14-24-4)15(2)3/h6-12,15,17,19H,5,13-14H2,1-4H3/t17-,19-/m1/s1. The number of carbonyl (C=O) groups excluding carboxylic acids is 1. The Morgan fingerprint density at radius 3 is 2.62 bits per heavy atom. The number of allylic oxidation sites excluding steroid dienone is 1. The molecule has 1 aromatic carbocycles. The second kappa shape index (κ2) is 8.78. The average molecular weight is 328 g/mol. The van der Waals surface area contributed by atoms with Gasteiger partial charge in [-0.15, -0.1) is 0 Å². The maximum Gasteiger partial charge on any atom is 0.159 e. The molecular weight excluding hydrogens is 300 g/mol. The zero-order valence-electron chi connectivity index (χ0n) is 15.1. The fraction of sp³-hybridized carbons (Fsp3) is 0.500. The molecule has 0 unspecified atom stereocenters. The van der Waals surface area contributed by atoms with Gasteiger partial charge in [-0.3, -0.25) is 9.79 Å².